The third-order valence-electron chi connectivity index (χ3n) is 6.58. The predicted molar refractivity (Wildman–Crippen MR) is 154 cm³/mol. The molecule has 5 rings (SSSR count). The fourth-order valence-corrected chi connectivity index (χ4v) is 4.53. The van der Waals surface area contributed by atoms with Gasteiger partial charge >= 0.3 is 11.9 Å². The van der Waals surface area contributed by atoms with Crippen molar-refractivity contribution in [1.82, 2.24) is 9.88 Å². The topological polar surface area (TPSA) is 171 Å². The Hall–Kier alpha value is -4.84. The molecule has 3 aromatic rings. The summed E-state index contributed by atoms with van der Waals surface area (Å²) in [5.74, 6) is -1.08. The van der Waals surface area contributed by atoms with Crippen LogP contribution in [0.15, 0.2) is 65.8 Å². The maximum atomic E-state index is 12.7. The van der Waals surface area contributed by atoms with E-state index in [0.29, 0.717) is 44.1 Å². The van der Waals surface area contributed by atoms with Gasteiger partial charge in [-0.2, -0.15) is 0 Å². The van der Waals surface area contributed by atoms with Crippen LogP contribution in [-0.4, -0.2) is 96.3 Å². The van der Waals surface area contributed by atoms with Gasteiger partial charge in [-0.15, -0.1) is 0 Å². The molecule has 0 aliphatic carbocycles. The number of aliphatic carboxylic acids is 2. The number of aromatic nitrogens is 1. The van der Waals surface area contributed by atoms with Gasteiger partial charge in [0.05, 0.1) is 6.54 Å². The number of H-pyrrole nitrogens is 1. The summed E-state index contributed by atoms with van der Waals surface area (Å²) in [6, 6.07) is 14.1. The Morgan fingerprint density at radius 3 is 2.34 bits per heavy atom. The first kappa shape index (κ1) is 29.2. The van der Waals surface area contributed by atoms with E-state index in [1.165, 1.54) is 0 Å². The zero-order chi connectivity index (χ0) is 29.2. The van der Waals surface area contributed by atoms with Crippen molar-refractivity contribution in [1.29, 1.82) is 0 Å². The Balaban J connectivity index is 0.000000426. The lowest BCUT2D eigenvalue weighted by atomic mass is 10.1. The maximum Gasteiger partial charge on any atom is 0.328 e. The SMILES string of the molecule is NCCc1c[nH]c2ccc(OCC(=O)N3CCN(c4ccc(C5=NCCO5)cc4)CC3)cc12.O=C(O)C=CC(=O)O. The molecular formula is C29H33N5O7. The van der Waals surface area contributed by atoms with Crippen LogP contribution in [0.2, 0.25) is 0 Å². The van der Waals surface area contributed by atoms with Gasteiger partial charge in [-0.05, 0) is 61.0 Å². The Morgan fingerprint density at radius 2 is 1.73 bits per heavy atom. The molecule has 5 N–H and O–H groups in total. The number of carbonyl (C=O) groups is 3. The van der Waals surface area contributed by atoms with Crippen LogP contribution in [0.3, 0.4) is 0 Å². The molecule has 41 heavy (non-hydrogen) atoms. The summed E-state index contributed by atoms with van der Waals surface area (Å²) in [6.07, 6.45) is 3.90. The standard InChI is InChI=1S/C25H29N5O3.C4H4O4/c26-8-7-19-16-28-23-6-5-21(15-22(19)23)33-17-24(31)30-12-10-29(11-13-30)20-3-1-18(2-4-20)25-27-9-14-32-25;5-3(6)1-2-4(7)8/h1-6,15-16,28H,7-14,17,26H2;1-2H,(H,5,6)(H,7,8). The molecule has 2 aliphatic heterocycles. The minimum absolute atomic E-state index is 0.0118. The number of aliphatic imine (C=N–C) groups is 1. The summed E-state index contributed by atoms with van der Waals surface area (Å²) in [4.78, 5) is 43.6. The van der Waals surface area contributed by atoms with Gasteiger partial charge in [-0.1, -0.05) is 0 Å². The molecule has 2 aromatic carbocycles. The van der Waals surface area contributed by atoms with Crippen LogP contribution < -0.4 is 15.4 Å². The number of piperazine rings is 1. The number of hydrogen-bond acceptors (Lipinski definition) is 8. The molecule has 216 valence electrons. The second-order valence-electron chi connectivity index (χ2n) is 9.31. The van der Waals surface area contributed by atoms with Gasteiger partial charge in [0.25, 0.3) is 5.91 Å². The molecule has 12 nitrogen and oxygen atoms in total. The Morgan fingerprint density at radius 1 is 1.02 bits per heavy atom. The number of nitrogens with two attached hydrogens (primary N) is 1. The van der Waals surface area contributed by atoms with E-state index in [0.717, 1.165) is 59.7 Å². The number of nitrogens with one attached hydrogen (secondary N) is 1. The number of fused-ring (bicyclic) bond motifs is 1. The molecule has 1 aromatic heterocycles. The summed E-state index contributed by atoms with van der Waals surface area (Å²) >= 11 is 0. The van der Waals surface area contributed by atoms with E-state index in [9.17, 15) is 14.4 Å². The van der Waals surface area contributed by atoms with Crippen molar-refractivity contribution in [3.63, 3.8) is 0 Å². The van der Waals surface area contributed by atoms with E-state index in [2.05, 4.69) is 27.0 Å². The predicted octanol–water partition coefficient (Wildman–Crippen LogP) is 1.89. The van der Waals surface area contributed by atoms with Crippen LogP contribution in [-0.2, 0) is 25.5 Å². The third kappa shape index (κ3) is 8.08. The number of carboxylic acid groups (broad SMARTS) is 2. The number of rotatable bonds is 9. The molecule has 0 unspecified atom stereocenters. The van der Waals surface area contributed by atoms with E-state index in [1.54, 1.807) is 0 Å². The molecular weight excluding hydrogens is 530 g/mol. The monoisotopic (exact) mass is 563 g/mol. The van der Waals surface area contributed by atoms with E-state index in [4.69, 9.17) is 25.4 Å². The normalized spacial score (nSPS) is 14.8. The Bertz CT molecular complexity index is 1410. The summed E-state index contributed by atoms with van der Waals surface area (Å²) < 4.78 is 11.4. The summed E-state index contributed by atoms with van der Waals surface area (Å²) in [5.41, 5.74) is 10.1. The highest BCUT2D eigenvalue weighted by molar-refractivity contribution is 5.95. The molecule has 1 saturated heterocycles. The van der Waals surface area contributed by atoms with Gasteiger partial charge in [0.2, 0.25) is 5.90 Å². The lowest BCUT2D eigenvalue weighted by Gasteiger charge is -2.36. The summed E-state index contributed by atoms with van der Waals surface area (Å²) in [7, 11) is 0. The van der Waals surface area contributed by atoms with Crippen molar-refractivity contribution in [2.75, 3.05) is 57.4 Å². The van der Waals surface area contributed by atoms with Crippen LogP contribution >= 0.6 is 0 Å². The van der Waals surface area contributed by atoms with Crippen LogP contribution in [0.25, 0.3) is 10.9 Å². The number of aromatic amines is 1. The fraction of sp³-hybridized carbons (Fsp3) is 0.310. The van der Waals surface area contributed by atoms with Crippen molar-refractivity contribution in [3.05, 3.63) is 71.9 Å². The molecule has 0 spiro atoms. The first-order chi connectivity index (χ1) is 19.8. The number of carboxylic acids is 2. The summed E-state index contributed by atoms with van der Waals surface area (Å²) in [5, 5.41) is 16.7. The number of amides is 1. The minimum Gasteiger partial charge on any atom is -0.484 e. The highest BCUT2D eigenvalue weighted by Crippen LogP contribution is 2.24. The fourth-order valence-electron chi connectivity index (χ4n) is 4.53. The first-order valence-electron chi connectivity index (χ1n) is 13.2. The molecule has 1 fully saturated rings. The molecule has 2 aliphatic rings. The van der Waals surface area contributed by atoms with Crippen molar-refractivity contribution in [2.45, 2.75) is 6.42 Å². The third-order valence-corrected chi connectivity index (χ3v) is 6.58. The molecule has 0 radical (unpaired) electrons. The molecule has 3 heterocycles. The van der Waals surface area contributed by atoms with E-state index >= 15 is 0 Å². The van der Waals surface area contributed by atoms with Gasteiger partial charge in [-0.25, -0.2) is 14.6 Å². The zero-order valence-corrected chi connectivity index (χ0v) is 22.5. The molecule has 0 saturated carbocycles. The average Bonchev–Trinajstić information content (AvgIpc) is 3.66. The second kappa shape index (κ2) is 14.0. The van der Waals surface area contributed by atoms with Crippen molar-refractivity contribution >= 4 is 40.3 Å². The largest absolute Gasteiger partial charge is 0.484 e. The van der Waals surface area contributed by atoms with Crippen LogP contribution in [0.5, 0.6) is 5.75 Å². The van der Waals surface area contributed by atoms with Crippen molar-refractivity contribution in [2.24, 2.45) is 10.7 Å². The van der Waals surface area contributed by atoms with E-state index in [-0.39, 0.29) is 12.5 Å². The molecule has 0 bridgehead atoms. The number of carbonyl (C=O) groups excluding carboxylic acids is 1. The number of anilines is 1. The number of ether oxygens (including phenoxy) is 2. The number of benzene rings is 2. The van der Waals surface area contributed by atoms with Crippen LogP contribution in [0.4, 0.5) is 5.69 Å². The van der Waals surface area contributed by atoms with Gasteiger partial charge < -0.3 is 40.2 Å². The van der Waals surface area contributed by atoms with Crippen molar-refractivity contribution < 1.29 is 34.1 Å². The lowest BCUT2D eigenvalue weighted by molar-refractivity contribution is -0.134. The molecule has 12 heteroatoms. The lowest BCUT2D eigenvalue weighted by Crippen LogP contribution is -2.50. The van der Waals surface area contributed by atoms with Gasteiger partial charge in [0.15, 0.2) is 6.61 Å². The van der Waals surface area contributed by atoms with Crippen molar-refractivity contribution in [3.8, 4) is 5.75 Å². The first-order valence-corrected chi connectivity index (χ1v) is 13.2. The second-order valence-corrected chi connectivity index (χ2v) is 9.31. The molecule has 1 amide bonds. The Labute approximate surface area is 236 Å². The van der Waals surface area contributed by atoms with Gasteiger partial charge in [-0.3, -0.25) is 4.79 Å². The molecule has 0 atom stereocenters. The summed E-state index contributed by atoms with van der Waals surface area (Å²) in [6.45, 7) is 4.96. The number of nitrogens with zero attached hydrogens (tertiary/aromatic N) is 3. The highest BCUT2D eigenvalue weighted by atomic mass is 16.5. The highest BCUT2D eigenvalue weighted by Gasteiger charge is 2.22. The van der Waals surface area contributed by atoms with Crippen LogP contribution in [0, 0.1) is 0 Å². The van der Waals surface area contributed by atoms with E-state index in [1.807, 2.05) is 41.4 Å². The van der Waals surface area contributed by atoms with Gasteiger partial charge in [0, 0.05) is 66.7 Å². The van der Waals surface area contributed by atoms with Gasteiger partial charge in [0.1, 0.15) is 12.4 Å². The quantitative estimate of drug-likeness (QED) is 0.284. The minimum atomic E-state index is -1.26. The maximum absolute atomic E-state index is 12.7. The smallest absolute Gasteiger partial charge is 0.328 e. The zero-order valence-electron chi connectivity index (χ0n) is 22.5. The Kier molecular flexibility index (Phi) is 9.94. The van der Waals surface area contributed by atoms with Crippen LogP contribution in [0.1, 0.15) is 11.1 Å². The number of hydrogen-bond donors (Lipinski definition) is 4. The van der Waals surface area contributed by atoms with E-state index < -0.39 is 11.9 Å². The average molecular weight is 564 g/mol.